The zero-order valence-electron chi connectivity index (χ0n) is 8.24. The Bertz CT molecular complexity index is 452. The van der Waals surface area contributed by atoms with Gasteiger partial charge in [0.1, 0.15) is 5.82 Å². The first-order valence-corrected chi connectivity index (χ1v) is 5.78. The predicted octanol–water partition coefficient (Wildman–Crippen LogP) is 3.87. The van der Waals surface area contributed by atoms with Crippen molar-refractivity contribution in [1.82, 2.24) is 0 Å². The van der Waals surface area contributed by atoms with Crippen molar-refractivity contribution in [3.63, 3.8) is 0 Å². The van der Waals surface area contributed by atoms with Crippen molar-refractivity contribution >= 4 is 15.9 Å². The summed E-state index contributed by atoms with van der Waals surface area (Å²) in [7, 11) is 0. The molecule has 1 aromatic carbocycles. The van der Waals surface area contributed by atoms with Crippen LogP contribution in [0, 0.1) is 11.7 Å². The minimum absolute atomic E-state index is 0.124. The van der Waals surface area contributed by atoms with Gasteiger partial charge in [-0.05, 0) is 37.0 Å². The Kier molecular flexibility index (Phi) is 1.81. The molecular formula is C11H10BrFN2. The fourth-order valence-corrected chi connectivity index (χ4v) is 2.51. The second-order valence-electron chi connectivity index (χ2n) is 4.41. The average molecular weight is 269 g/mol. The maximum atomic E-state index is 13.6. The molecule has 1 aromatic rings. The Hall–Kier alpha value is -0.770. The quantitative estimate of drug-likeness (QED) is 0.778. The first-order chi connectivity index (χ1) is 7.10. The van der Waals surface area contributed by atoms with Gasteiger partial charge in [-0.15, -0.1) is 0 Å². The third kappa shape index (κ3) is 1.51. The van der Waals surface area contributed by atoms with E-state index in [4.69, 9.17) is 0 Å². The van der Waals surface area contributed by atoms with E-state index in [0.29, 0.717) is 11.8 Å². The Morgan fingerprint density at radius 2 is 2.20 bits per heavy atom. The van der Waals surface area contributed by atoms with Gasteiger partial charge in [-0.1, -0.05) is 22.0 Å². The van der Waals surface area contributed by atoms with Gasteiger partial charge >= 0.3 is 0 Å². The van der Waals surface area contributed by atoms with Crippen molar-refractivity contribution in [2.75, 3.05) is 0 Å². The van der Waals surface area contributed by atoms with E-state index in [0.717, 1.165) is 16.5 Å². The Morgan fingerprint density at radius 1 is 1.47 bits per heavy atom. The molecule has 0 bridgehead atoms. The van der Waals surface area contributed by atoms with Crippen LogP contribution in [0.15, 0.2) is 32.9 Å². The molecule has 0 N–H and O–H groups in total. The summed E-state index contributed by atoms with van der Waals surface area (Å²) in [5.74, 6) is 0.590. The lowest BCUT2D eigenvalue weighted by Crippen LogP contribution is -2.08. The van der Waals surface area contributed by atoms with Crippen molar-refractivity contribution in [1.29, 1.82) is 0 Å². The first-order valence-electron chi connectivity index (χ1n) is 4.99. The van der Waals surface area contributed by atoms with Gasteiger partial charge in [-0.25, -0.2) is 4.39 Å². The molecule has 15 heavy (non-hydrogen) atoms. The summed E-state index contributed by atoms with van der Waals surface area (Å²) in [6.45, 7) is 2.01. The van der Waals surface area contributed by atoms with E-state index in [1.54, 1.807) is 0 Å². The Balaban J connectivity index is 1.84. The minimum Gasteiger partial charge on any atom is -0.207 e. The number of rotatable bonds is 2. The number of hydrogen-bond acceptors (Lipinski definition) is 2. The summed E-state index contributed by atoms with van der Waals surface area (Å²) in [6.07, 6.45) is 1.00. The van der Waals surface area contributed by atoms with E-state index in [2.05, 4.69) is 26.2 Å². The van der Waals surface area contributed by atoms with Gasteiger partial charge in [-0.2, -0.15) is 10.2 Å². The first kappa shape index (κ1) is 9.46. The summed E-state index contributed by atoms with van der Waals surface area (Å²) in [5, 5.41) is 8.03. The second kappa shape index (κ2) is 2.88. The molecule has 0 unspecified atom stereocenters. The third-order valence-electron chi connectivity index (χ3n) is 3.27. The molecule has 4 heteroatoms. The fraction of sp³-hybridized carbons (Fsp3) is 0.455. The Labute approximate surface area is 95.7 Å². The minimum atomic E-state index is -0.204. The van der Waals surface area contributed by atoms with Crippen molar-refractivity contribution in [3.05, 3.63) is 34.1 Å². The smallest absolute Gasteiger partial charge is 0.191 e. The van der Waals surface area contributed by atoms with Crippen molar-refractivity contribution in [2.24, 2.45) is 16.1 Å². The van der Waals surface area contributed by atoms with Gasteiger partial charge in [0.05, 0.1) is 0 Å². The molecule has 0 amide bonds. The SMILES string of the molecule is CC1([C@@H]2C[C@H]2c2ccc(Br)cc2F)N=N1. The molecule has 0 spiro atoms. The van der Waals surface area contributed by atoms with Crippen LogP contribution in [0.4, 0.5) is 4.39 Å². The van der Waals surface area contributed by atoms with E-state index in [1.165, 1.54) is 6.07 Å². The molecular weight excluding hydrogens is 259 g/mol. The fourth-order valence-electron chi connectivity index (χ4n) is 2.17. The van der Waals surface area contributed by atoms with Crippen LogP contribution in [0.3, 0.4) is 0 Å². The lowest BCUT2D eigenvalue weighted by Gasteiger charge is -2.04. The molecule has 0 saturated heterocycles. The summed E-state index contributed by atoms with van der Waals surface area (Å²) < 4.78 is 14.4. The molecule has 2 nitrogen and oxygen atoms in total. The number of hydrogen-bond donors (Lipinski definition) is 0. The van der Waals surface area contributed by atoms with Crippen LogP contribution in [0.2, 0.25) is 0 Å². The molecule has 1 aliphatic carbocycles. The monoisotopic (exact) mass is 268 g/mol. The van der Waals surface area contributed by atoms with Crippen LogP contribution < -0.4 is 0 Å². The van der Waals surface area contributed by atoms with Crippen LogP contribution in [0.1, 0.15) is 24.8 Å². The van der Waals surface area contributed by atoms with E-state index in [-0.39, 0.29) is 11.5 Å². The largest absolute Gasteiger partial charge is 0.207 e. The van der Waals surface area contributed by atoms with Gasteiger partial charge in [0.15, 0.2) is 5.66 Å². The van der Waals surface area contributed by atoms with E-state index < -0.39 is 0 Å². The van der Waals surface area contributed by atoms with Crippen molar-refractivity contribution in [2.45, 2.75) is 24.9 Å². The lowest BCUT2D eigenvalue weighted by molar-refractivity contribution is 0.550. The highest BCUT2D eigenvalue weighted by Gasteiger charge is 2.57. The van der Waals surface area contributed by atoms with Gasteiger partial charge in [-0.3, -0.25) is 0 Å². The predicted molar refractivity (Wildman–Crippen MR) is 58.2 cm³/mol. The van der Waals surface area contributed by atoms with Crippen LogP contribution in [0.25, 0.3) is 0 Å². The summed E-state index contributed by atoms with van der Waals surface area (Å²) in [4.78, 5) is 0. The van der Waals surface area contributed by atoms with Crippen LogP contribution in [-0.2, 0) is 0 Å². The number of nitrogens with zero attached hydrogens (tertiary/aromatic N) is 2. The maximum Gasteiger partial charge on any atom is 0.191 e. The highest BCUT2D eigenvalue weighted by Crippen LogP contribution is 2.59. The lowest BCUT2D eigenvalue weighted by atomic mass is 10.0. The molecule has 78 valence electrons. The van der Waals surface area contributed by atoms with Crippen molar-refractivity contribution < 1.29 is 4.39 Å². The number of halogens is 2. The standard InChI is InChI=1S/C11H10BrFN2/c1-11(14-15-11)9-5-8(9)7-3-2-6(12)4-10(7)13/h2-4,8-9H,5H2,1H3/t8-,9+/m0/s1. The summed E-state index contributed by atoms with van der Waals surface area (Å²) in [5.41, 5.74) is 0.603. The maximum absolute atomic E-state index is 13.6. The topological polar surface area (TPSA) is 24.7 Å². The van der Waals surface area contributed by atoms with Gasteiger partial charge in [0, 0.05) is 10.4 Å². The van der Waals surface area contributed by atoms with Gasteiger partial charge in [0.2, 0.25) is 0 Å². The van der Waals surface area contributed by atoms with Gasteiger partial charge in [0.25, 0.3) is 0 Å². The molecule has 1 saturated carbocycles. The second-order valence-corrected chi connectivity index (χ2v) is 5.32. The molecule has 1 fully saturated rings. The van der Waals surface area contributed by atoms with E-state index in [9.17, 15) is 4.39 Å². The highest BCUT2D eigenvalue weighted by molar-refractivity contribution is 9.10. The van der Waals surface area contributed by atoms with Gasteiger partial charge < -0.3 is 0 Å². The molecule has 3 rings (SSSR count). The average Bonchev–Trinajstić information content (AvgIpc) is 3.01. The molecule has 0 aromatic heterocycles. The zero-order chi connectivity index (χ0) is 10.6. The molecule has 0 radical (unpaired) electrons. The molecule has 1 aliphatic heterocycles. The third-order valence-corrected chi connectivity index (χ3v) is 3.76. The summed E-state index contributed by atoms with van der Waals surface area (Å²) >= 11 is 3.26. The van der Waals surface area contributed by atoms with Crippen LogP contribution >= 0.6 is 15.9 Å². The van der Waals surface area contributed by atoms with E-state index >= 15 is 0 Å². The molecule has 2 atom stereocenters. The van der Waals surface area contributed by atoms with Crippen LogP contribution in [-0.4, -0.2) is 5.66 Å². The van der Waals surface area contributed by atoms with Crippen LogP contribution in [0.5, 0.6) is 0 Å². The zero-order valence-corrected chi connectivity index (χ0v) is 9.83. The number of benzene rings is 1. The molecule has 1 heterocycles. The van der Waals surface area contributed by atoms with E-state index in [1.807, 2.05) is 19.1 Å². The van der Waals surface area contributed by atoms with Crippen molar-refractivity contribution in [3.8, 4) is 0 Å². The normalized spacial score (nSPS) is 30.3. The molecule has 2 aliphatic rings. The highest BCUT2D eigenvalue weighted by atomic mass is 79.9. The Morgan fingerprint density at radius 3 is 2.80 bits per heavy atom. The summed E-state index contributed by atoms with van der Waals surface area (Å²) in [6, 6.07) is 5.27.